The average Bonchev–Trinajstić information content (AvgIpc) is 2.32. The van der Waals surface area contributed by atoms with E-state index >= 15 is 0 Å². The van der Waals surface area contributed by atoms with Gasteiger partial charge < -0.3 is 10.5 Å². The second-order valence-electron chi connectivity index (χ2n) is 3.31. The van der Waals surface area contributed by atoms with Gasteiger partial charge in [0, 0.05) is 22.3 Å². The SMILES string of the molecule is NC(=O)c1cccc(Oc2ccc(Br)cn2)c1. The highest BCUT2D eigenvalue weighted by molar-refractivity contribution is 9.10. The predicted octanol–water partition coefficient (Wildman–Crippen LogP) is 2.74. The lowest BCUT2D eigenvalue weighted by molar-refractivity contribution is 0.1000. The van der Waals surface area contributed by atoms with Crippen molar-refractivity contribution in [2.75, 3.05) is 0 Å². The monoisotopic (exact) mass is 292 g/mol. The molecule has 0 aliphatic rings. The molecule has 4 nitrogen and oxygen atoms in total. The topological polar surface area (TPSA) is 65.2 Å². The molecule has 5 heteroatoms. The summed E-state index contributed by atoms with van der Waals surface area (Å²) in [6, 6.07) is 10.2. The van der Waals surface area contributed by atoms with Crippen molar-refractivity contribution in [2.45, 2.75) is 0 Å². The minimum atomic E-state index is -0.487. The summed E-state index contributed by atoms with van der Waals surface area (Å²) in [6.07, 6.45) is 1.63. The fourth-order valence-corrected chi connectivity index (χ4v) is 1.49. The molecule has 1 aromatic heterocycles. The van der Waals surface area contributed by atoms with Crippen molar-refractivity contribution in [3.63, 3.8) is 0 Å². The van der Waals surface area contributed by atoms with Crippen LogP contribution in [0.15, 0.2) is 47.1 Å². The van der Waals surface area contributed by atoms with Crippen molar-refractivity contribution < 1.29 is 9.53 Å². The van der Waals surface area contributed by atoms with Gasteiger partial charge in [-0.05, 0) is 40.2 Å². The van der Waals surface area contributed by atoms with Crippen molar-refractivity contribution in [1.82, 2.24) is 4.98 Å². The molecule has 0 saturated carbocycles. The number of aromatic nitrogens is 1. The summed E-state index contributed by atoms with van der Waals surface area (Å²) in [5, 5.41) is 0. The summed E-state index contributed by atoms with van der Waals surface area (Å²) in [6.45, 7) is 0. The molecule has 2 aromatic rings. The molecule has 1 heterocycles. The molecule has 0 spiro atoms. The predicted molar refractivity (Wildman–Crippen MR) is 67.0 cm³/mol. The van der Waals surface area contributed by atoms with Gasteiger partial charge in [0.25, 0.3) is 0 Å². The first kappa shape index (κ1) is 11.6. The van der Waals surface area contributed by atoms with Crippen LogP contribution in [0.25, 0.3) is 0 Å². The van der Waals surface area contributed by atoms with Crippen LogP contribution in [0, 0.1) is 0 Å². The number of benzene rings is 1. The summed E-state index contributed by atoms with van der Waals surface area (Å²) >= 11 is 3.28. The standard InChI is InChI=1S/C12H9BrN2O2/c13-9-4-5-11(15-7-9)17-10-3-1-2-8(6-10)12(14)16/h1-7H,(H2,14,16). The molecule has 17 heavy (non-hydrogen) atoms. The Hall–Kier alpha value is -1.88. The number of nitrogens with zero attached hydrogens (tertiary/aromatic N) is 1. The molecule has 86 valence electrons. The second kappa shape index (κ2) is 4.97. The largest absolute Gasteiger partial charge is 0.439 e. The zero-order chi connectivity index (χ0) is 12.3. The number of rotatable bonds is 3. The molecule has 1 aromatic carbocycles. The lowest BCUT2D eigenvalue weighted by Crippen LogP contribution is -2.10. The summed E-state index contributed by atoms with van der Waals surface area (Å²) in [4.78, 5) is 15.1. The van der Waals surface area contributed by atoms with Gasteiger partial charge in [0.1, 0.15) is 5.75 Å². The van der Waals surface area contributed by atoms with Crippen LogP contribution in [0.3, 0.4) is 0 Å². The quantitative estimate of drug-likeness (QED) is 0.946. The van der Waals surface area contributed by atoms with Crippen LogP contribution in [0.2, 0.25) is 0 Å². The second-order valence-corrected chi connectivity index (χ2v) is 4.22. The van der Waals surface area contributed by atoms with E-state index in [1.54, 1.807) is 36.5 Å². The molecule has 0 unspecified atom stereocenters. The van der Waals surface area contributed by atoms with Gasteiger partial charge in [-0.25, -0.2) is 4.98 Å². The fourth-order valence-electron chi connectivity index (χ4n) is 1.26. The molecule has 0 atom stereocenters. The highest BCUT2D eigenvalue weighted by atomic mass is 79.9. The van der Waals surface area contributed by atoms with Gasteiger partial charge in [-0.15, -0.1) is 0 Å². The molecule has 2 N–H and O–H groups in total. The maximum Gasteiger partial charge on any atom is 0.248 e. The lowest BCUT2D eigenvalue weighted by Gasteiger charge is -2.05. The molecule has 0 aliphatic heterocycles. The van der Waals surface area contributed by atoms with Crippen molar-refractivity contribution in [3.05, 3.63) is 52.6 Å². The molecule has 0 saturated heterocycles. The molecular weight excluding hydrogens is 284 g/mol. The van der Waals surface area contributed by atoms with Gasteiger partial charge in [0.2, 0.25) is 11.8 Å². The van der Waals surface area contributed by atoms with E-state index in [-0.39, 0.29) is 0 Å². The Balaban J connectivity index is 2.21. The molecule has 0 radical (unpaired) electrons. The highest BCUT2D eigenvalue weighted by Gasteiger charge is 2.03. The minimum absolute atomic E-state index is 0.402. The van der Waals surface area contributed by atoms with Crippen molar-refractivity contribution >= 4 is 21.8 Å². The van der Waals surface area contributed by atoms with Crippen molar-refractivity contribution in [2.24, 2.45) is 5.73 Å². The van der Waals surface area contributed by atoms with E-state index < -0.39 is 5.91 Å². The summed E-state index contributed by atoms with van der Waals surface area (Å²) in [5.74, 6) is 0.491. The van der Waals surface area contributed by atoms with Crippen molar-refractivity contribution in [1.29, 1.82) is 0 Å². The maximum absolute atomic E-state index is 11.0. The molecule has 1 amide bonds. The number of amides is 1. The van der Waals surface area contributed by atoms with Crippen LogP contribution in [0.4, 0.5) is 0 Å². The van der Waals surface area contributed by atoms with E-state index in [1.807, 2.05) is 6.07 Å². The maximum atomic E-state index is 11.0. The van der Waals surface area contributed by atoms with E-state index in [0.29, 0.717) is 17.2 Å². The third kappa shape index (κ3) is 3.04. The Morgan fingerprint density at radius 3 is 2.76 bits per heavy atom. The molecule has 0 fully saturated rings. The van der Waals surface area contributed by atoms with Gasteiger partial charge in [0.15, 0.2) is 0 Å². The smallest absolute Gasteiger partial charge is 0.248 e. The van der Waals surface area contributed by atoms with Crippen LogP contribution in [-0.2, 0) is 0 Å². The Morgan fingerprint density at radius 1 is 1.29 bits per heavy atom. The number of pyridine rings is 1. The number of carbonyl (C=O) groups is 1. The Morgan fingerprint density at radius 2 is 2.12 bits per heavy atom. The van der Waals surface area contributed by atoms with E-state index in [0.717, 1.165) is 4.47 Å². The van der Waals surface area contributed by atoms with E-state index in [2.05, 4.69) is 20.9 Å². The van der Waals surface area contributed by atoms with Gasteiger partial charge >= 0.3 is 0 Å². The number of primary amides is 1. The normalized spacial score (nSPS) is 9.94. The first-order valence-corrected chi connectivity index (χ1v) is 5.64. The molecule has 2 rings (SSSR count). The average molecular weight is 293 g/mol. The molecular formula is C12H9BrN2O2. The van der Waals surface area contributed by atoms with Crippen LogP contribution >= 0.6 is 15.9 Å². The number of nitrogens with two attached hydrogens (primary N) is 1. The Labute approximate surface area is 107 Å². The Kier molecular flexibility index (Phi) is 3.39. The third-order valence-electron chi connectivity index (χ3n) is 2.04. The zero-order valence-electron chi connectivity index (χ0n) is 8.76. The molecule has 0 bridgehead atoms. The minimum Gasteiger partial charge on any atom is -0.439 e. The lowest BCUT2D eigenvalue weighted by atomic mass is 10.2. The van der Waals surface area contributed by atoms with Gasteiger partial charge in [-0.2, -0.15) is 0 Å². The third-order valence-corrected chi connectivity index (χ3v) is 2.51. The van der Waals surface area contributed by atoms with Crippen LogP contribution < -0.4 is 10.5 Å². The van der Waals surface area contributed by atoms with Gasteiger partial charge in [0.05, 0.1) is 0 Å². The van der Waals surface area contributed by atoms with Crippen LogP contribution in [0.1, 0.15) is 10.4 Å². The number of hydrogen-bond donors (Lipinski definition) is 1. The van der Waals surface area contributed by atoms with E-state index in [9.17, 15) is 4.79 Å². The van der Waals surface area contributed by atoms with Gasteiger partial charge in [-0.3, -0.25) is 4.79 Å². The number of ether oxygens (including phenoxy) is 1. The van der Waals surface area contributed by atoms with Crippen LogP contribution in [-0.4, -0.2) is 10.9 Å². The van der Waals surface area contributed by atoms with Crippen molar-refractivity contribution in [3.8, 4) is 11.6 Å². The number of hydrogen-bond acceptors (Lipinski definition) is 3. The van der Waals surface area contributed by atoms with Crippen LogP contribution in [0.5, 0.6) is 11.6 Å². The summed E-state index contributed by atoms with van der Waals surface area (Å²) in [5.41, 5.74) is 5.58. The van der Waals surface area contributed by atoms with Gasteiger partial charge in [-0.1, -0.05) is 6.07 Å². The summed E-state index contributed by atoms with van der Waals surface area (Å²) in [7, 11) is 0. The number of carbonyl (C=O) groups excluding carboxylic acids is 1. The Bertz CT molecular complexity index is 540. The summed E-state index contributed by atoms with van der Waals surface area (Å²) < 4.78 is 6.36. The molecule has 0 aliphatic carbocycles. The van der Waals surface area contributed by atoms with E-state index in [1.165, 1.54) is 0 Å². The highest BCUT2D eigenvalue weighted by Crippen LogP contribution is 2.21. The van der Waals surface area contributed by atoms with E-state index in [4.69, 9.17) is 10.5 Å². The first-order valence-electron chi connectivity index (χ1n) is 4.84. The zero-order valence-corrected chi connectivity index (χ0v) is 10.3. The first-order chi connectivity index (χ1) is 8.15. The fraction of sp³-hybridized carbons (Fsp3) is 0. The number of halogens is 1.